The highest BCUT2D eigenvalue weighted by Gasteiger charge is 2.15. The molecule has 1 aromatic heterocycles. The number of carbonyl (C=O) groups is 1. The summed E-state index contributed by atoms with van der Waals surface area (Å²) in [6, 6.07) is 28.1. The van der Waals surface area contributed by atoms with Gasteiger partial charge in [-0.3, -0.25) is 0 Å². The zero-order valence-electron chi connectivity index (χ0n) is 16.3. The van der Waals surface area contributed by atoms with E-state index in [1.807, 2.05) is 60.7 Å². The lowest BCUT2D eigenvalue weighted by Gasteiger charge is -2.22. The van der Waals surface area contributed by atoms with Crippen LogP contribution in [0.4, 0.5) is 5.69 Å². The van der Waals surface area contributed by atoms with Gasteiger partial charge in [0.1, 0.15) is 4.88 Å². The first-order valence-corrected chi connectivity index (χ1v) is 10.7. The molecule has 0 fully saturated rings. The van der Waals surface area contributed by atoms with Crippen LogP contribution in [-0.2, 0) is 4.74 Å². The molecular weight excluding hydrogens is 412 g/mol. The number of ether oxygens (including phenoxy) is 1. The molecule has 0 atom stereocenters. The minimum absolute atomic E-state index is 0.0665. The summed E-state index contributed by atoms with van der Waals surface area (Å²) in [5.74, 6) is -0.323. The van der Waals surface area contributed by atoms with Gasteiger partial charge in [-0.05, 0) is 53.0 Å². The molecule has 0 aliphatic rings. The van der Waals surface area contributed by atoms with Crippen LogP contribution in [0.5, 0.6) is 0 Å². The molecule has 4 aromatic rings. The van der Waals surface area contributed by atoms with Crippen LogP contribution in [0.3, 0.4) is 0 Å². The molecule has 30 heavy (non-hydrogen) atoms. The molecular formula is C24H20N2O2S2. The Morgan fingerprint density at radius 3 is 2.17 bits per heavy atom. The number of hydrogen-bond acceptors (Lipinski definition) is 4. The standard InChI is InChI=1S/C24H20N2O2S2/c1-28-23(27)21-15-18-14-19(12-13-20(18)30-21)25-24(29)26-22(16-8-4-2-5-9-16)17-10-6-3-7-11-17/h2-15,22H,1H3,(H2,25,26,29). The molecule has 0 saturated carbocycles. The van der Waals surface area contributed by atoms with Gasteiger partial charge in [0, 0.05) is 10.4 Å². The van der Waals surface area contributed by atoms with Crippen molar-refractivity contribution in [3.8, 4) is 0 Å². The second kappa shape index (κ2) is 9.07. The van der Waals surface area contributed by atoms with E-state index in [-0.39, 0.29) is 12.0 Å². The fourth-order valence-electron chi connectivity index (χ4n) is 3.27. The van der Waals surface area contributed by atoms with E-state index < -0.39 is 0 Å². The molecule has 0 aliphatic heterocycles. The van der Waals surface area contributed by atoms with Crippen LogP contribution >= 0.6 is 23.6 Å². The summed E-state index contributed by atoms with van der Waals surface area (Å²) in [5, 5.41) is 8.18. The van der Waals surface area contributed by atoms with E-state index in [1.165, 1.54) is 18.4 Å². The summed E-state index contributed by atoms with van der Waals surface area (Å²) in [4.78, 5) is 12.4. The van der Waals surface area contributed by atoms with Gasteiger partial charge in [-0.1, -0.05) is 60.7 Å². The number of methoxy groups -OCH3 is 1. The van der Waals surface area contributed by atoms with Crippen LogP contribution in [0.2, 0.25) is 0 Å². The van der Waals surface area contributed by atoms with Gasteiger partial charge in [0.2, 0.25) is 0 Å². The number of esters is 1. The number of rotatable bonds is 5. The first-order chi connectivity index (χ1) is 14.6. The normalized spacial score (nSPS) is 10.7. The highest BCUT2D eigenvalue weighted by Crippen LogP contribution is 2.29. The van der Waals surface area contributed by atoms with Crippen molar-refractivity contribution in [1.29, 1.82) is 0 Å². The number of fused-ring (bicyclic) bond motifs is 1. The first-order valence-electron chi connectivity index (χ1n) is 9.43. The molecule has 6 heteroatoms. The van der Waals surface area contributed by atoms with Crippen molar-refractivity contribution in [3.05, 3.63) is 101 Å². The Morgan fingerprint density at radius 1 is 0.933 bits per heavy atom. The van der Waals surface area contributed by atoms with E-state index in [1.54, 1.807) is 0 Å². The van der Waals surface area contributed by atoms with Gasteiger partial charge in [-0.15, -0.1) is 11.3 Å². The molecule has 0 amide bonds. The molecule has 0 radical (unpaired) electrons. The van der Waals surface area contributed by atoms with Gasteiger partial charge in [-0.25, -0.2) is 4.79 Å². The predicted molar refractivity (Wildman–Crippen MR) is 127 cm³/mol. The molecule has 150 valence electrons. The monoisotopic (exact) mass is 432 g/mol. The van der Waals surface area contributed by atoms with Crippen molar-refractivity contribution < 1.29 is 9.53 Å². The lowest BCUT2D eigenvalue weighted by Crippen LogP contribution is -2.32. The van der Waals surface area contributed by atoms with Gasteiger partial charge in [-0.2, -0.15) is 0 Å². The first kappa shape index (κ1) is 20.1. The summed E-state index contributed by atoms with van der Waals surface area (Å²) in [7, 11) is 1.39. The second-order valence-electron chi connectivity index (χ2n) is 6.71. The topological polar surface area (TPSA) is 50.4 Å². The largest absolute Gasteiger partial charge is 0.465 e. The van der Waals surface area contributed by atoms with E-state index >= 15 is 0 Å². The molecule has 2 N–H and O–H groups in total. The van der Waals surface area contributed by atoms with Gasteiger partial charge < -0.3 is 15.4 Å². The molecule has 0 unspecified atom stereocenters. The summed E-state index contributed by atoms with van der Waals surface area (Å²) in [6.45, 7) is 0. The Bertz CT molecular complexity index is 1130. The molecule has 0 spiro atoms. The Hall–Kier alpha value is -3.22. The SMILES string of the molecule is COC(=O)c1cc2cc(NC(=S)NC(c3ccccc3)c3ccccc3)ccc2s1. The van der Waals surface area contributed by atoms with Crippen molar-refractivity contribution in [2.45, 2.75) is 6.04 Å². The van der Waals surface area contributed by atoms with E-state index in [2.05, 4.69) is 34.9 Å². The van der Waals surface area contributed by atoms with Crippen LogP contribution < -0.4 is 10.6 Å². The number of benzene rings is 3. The van der Waals surface area contributed by atoms with E-state index in [4.69, 9.17) is 17.0 Å². The average Bonchev–Trinajstić information content (AvgIpc) is 3.21. The predicted octanol–water partition coefficient (Wildman–Crippen LogP) is 5.76. The molecule has 3 aromatic carbocycles. The van der Waals surface area contributed by atoms with Crippen LogP contribution in [-0.4, -0.2) is 18.2 Å². The van der Waals surface area contributed by atoms with E-state index in [0.717, 1.165) is 26.9 Å². The fraction of sp³-hybridized carbons (Fsp3) is 0.0833. The molecule has 0 saturated heterocycles. The minimum Gasteiger partial charge on any atom is -0.465 e. The van der Waals surface area contributed by atoms with Crippen LogP contribution in [0.15, 0.2) is 84.9 Å². The molecule has 1 heterocycles. The summed E-state index contributed by atoms with van der Waals surface area (Å²) in [6.07, 6.45) is 0. The molecule has 4 rings (SSSR count). The van der Waals surface area contributed by atoms with Crippen molar-refractivity contribution in [3.63, 3.8) is 0 Å². The minimum atomic E-state index is -0.323. The number of hydrogen-bond donors (Lipinski definition) is 2. The van der Waals surface area contributed by atoms with Crippen molar-refractivity contribution in [1.82, 2.24) is 5.32 Å². The maximum Gasteiger partial charge on any atom is 0.348 e. The smallest absolute Gasteiger partial charge is 0.348 e. The highest BCUT2D eigenvalue weighted by atomic mass is 32.1. The average molecular weight is 433 g/mol. The van der Waals surface area contributed by atoms with Crippen molar-refractivity contribution in [2.75, 3.05) is 12.4 Å². The number of nitrogens with one attached hydrogen (secondary N) is 2. The second-order valence-corrected chi connectivity index (χ2v) is 8.20. The van der Waals surface area contributed by atoms with Crippen LogP contribution in [0.25, 0.3) is 10.1 Å². The highest BCUT2D eigenvalue weighted by molar-refractivity contribution is 7.80. The quantitative estimate of drug-likeness (QED) is 0.310. The van der Waals surface area contributed by atoms with Crippen molar-refractivity contribution >= 4 is 50.4 Å². The van der Waals surface area contributed by atoms with Gasteiger partial charge in [0.15, 0.2) is 5.11 Å². The number of thiophene rings is 1. The Balaban J connectivity index is 1.54. The number of carbonyl (C=O) groups excluding carboxylic acids is 1. The van der Waals surface area contributed by atoms with Crippen molar-refractivity contribution in [2.24, 2.45) is 0 Å². The van der Waals surface area contributed by atoms with Crippen LogP contribution in [0, 0.1) is 0 Å². The zero-order valence-corrected chi connectivity index (χ0v) is 17.9. The van der Waals surface area contributed by atoms with Crippen LogP contribution in [0.1, 0.15) is 26.8 Å². The lowest BCUT2D eigenvalue weighted by atomic mass is 9.99. The summed E-state index contributed by atoms with van der Waals surface area (Å²) in [5.41, 5.74) is 3.11. The van der Waals surface area contributed by atoms with Gasteiger partial charge in [0.05, 0.1) is 13.2 Å². The molecule has 0 bridgehead atoms. The van der Waals surface area contributed by atoms with Gasteiger partial charge >= 0.3 is 5.97 Å². The van der Waals surface area contributed by atoms with E-state index in [0.29, 0.717) is 9.99 Å². The third-order valence-corrected chi connectivity index (χ3v) is 6.02. The van der Waals surface area contributed by atoms with E-state index in [9.17, 15) is 4.79 Å². The zero-order chi connectivity index (χ0) is 20.9. The number of thiocarbonyl (C=S) groups is 1. The van der Waals surface area contributed by atoms with Gasteiger partial charge in [0.25, 0.3) is 0 Å². The summed E-state index contributed by atoms with van der Waals surface area (Å²) < 4.78 is 5.83. The summed E-state index contributed by atoms with van der Waals surface area (Å²) >= 11 is 7.02. The lowest BCUT2D eigenvalue weighted by molar-refractivity contribution is 0.0606. The maximum atomic E-state index is 11.8. The Kier molecular flexibility index (Phi) is 6.07. The molecule has 0 aliphatic carbocycles. The third kappa shape index (κ3) is 4.50. The fourth-order valence-corrected chi connectivity index (χ4v) is 4.47. The Morgan fingerprint density at radius 2 is 1.57 bits per heavy atom. The Labute approximate surface area is 184 Å². The maximum absolute atomic E-state index is 11.8. The third-order valence-electron chi connectivity index (χ3n) is 4.70. The molecule has 4 nitrogen and oxygen atoms in total. The number of anilines is 1.